The standard InChI is InChI=1S/C30H44O5/c1-17(2)21(35-33)10-8-18-25-22(34-26(18)32)16-30(7)20-9-11-23-27(3,4)24(31)13-14-28(23,5)19(20)12-15-29(25,30)6/h9,18-19,21-23,25,33H,1,8,10-16H2,2-7H3. The molecule has 1 aliphatic heterocycles. The third-order valence-corrected chi connectivity index (χ3v) is 12.0. The van der Waals surface area contributed by atoms with Gasteiger partial charge in [-0.25, -0.2) is 4.89 Å². The van der Waals surface area contributed by atoms with Gasteiger partial charge in [0.25, 0.3) is 0 Å². The van der Waals surface area contributed by atoms with Crippen LogP contribution in [0.1, 0.15) is 92.9 Å². The normalized spacial score (nSPS) is 46.6. The van der Waals surface area contributed by atoms with Crippen molar-refractivity contribution < 1.29 is 24.5 Å². The lowest BCUT2D eigenvalue weighted by Crippen LogP contribution is -2.57. The van der Waals surface area contributed by atoms with Crippen LogP contribution in [0.4, 0.5) is 0 Å². The van der Waals surface area contributed by atoms with Gasteiger partial charge >= 0.3 is 5.97 Å². The second-order valence-corrected chi connectivity index (χ2v) is 13.8. The molecule has 1 saturated heterocycles. The molecule has 0 aromatic carbocycles. The van der Waals surface area contributed by atoms with E-state index in [0.717, 1.165) is 37.7 Å². The highest BCUT2D eigenvalue weighted by molar-refractivity contribution is 5.85. The van der Waals surface area contributed by atoms with E-state index >= 15 is 0 Å². The van der Waals surface area contributed by atoms with Crippen molar-refractivity contribution in [2.45, 2.75) is 105 Å². The molecular formula is C30H44O5. The van der Waals surface area contributed by atoms with E-state index in [4.69, 9.17) is 4.74 Å². The molecule has 0 aromatic heterocycles. The fourth-order valence-corrected chi connectivity index (χ4v) is 9.81. The number of esters is 1. The Morgan fingerprint density at radius 3 is 2.60 bits per heavy atom. The van der Waals surface area contributed by atoms with E-state index in [2.05, 4.69) is 52.2 Å². The Kier molecular flexibility index (Phi) is 5.77. The van der Waals surface area contributed by atoms with Crippen LogP contribution in [-0.4, -0.2) is 29.2 Å². The largest absolute Gasteiger partial charge is 0.462 e. The van der Waals surface area contributed by atoms with Gasteiger partial charge in [0.15, 0.2) is 0 Å². The maximum atomic E-state index is 13.0. The summed E-state index contributed by atoms with van der Waals surface area (Å²) < 4.78 is 6.07. The molecule has 5 nitrogen and oxygen atoms in total. The van der Waals surface area contributed by atoms with E-state index in [1.165, 1.54) is 0 Å². The number of Topliss-reactive ketones (excluding diaryl/α,β-unsaturated/α-hetero) is 1. The highest BCUT2D eigenvalue weighted by Crippen LogP contribution is 2.74. The summed E-state index contributed by atoms with van der Waals surface area (Å²) in [6, 6.07) is 0. The van der Waals surface area contributed by atoms with Gasteiger partial charge in [0, 0.05) is 17.8 Å². The average molecular weight is 485 g/mol. The molecule has 9 unspecified atom stereocenters. The minimum atomic E-state index is -0.450. The molecule has 0 amide bonds. The van der Waals surface area contributed by atoms with Crippen molar-refractivity contribution in [1.29, 1.82) is 0 Å². The number of ketones is 1. The fraction of sp³-hybridized carbons (Fsp3) is 0.800. The highest BCUT2D eigenvalue weighted by atomic mass is 17.1. The van der Waals surface area contributed by atoms with Crippen LogP contribution in [0.15, 0.2) is 23.8 Å². The monoisotopic (exact) mass is 484 g/mol. The first-order valence-electron chi connectivity index (χ1n) is 13.7. The van der Waals surface area contributed by atoms with Crippen LogP contribution in [-0.2, 0) is 19.2 Å². The lowest BCUT2D eigenvalue weighted by molar-refractivity contribution is -0.270. The Balaban J connectivity index is 1.47. The van der Waals surface area contributed by atoms with Crippen LogP contribution < -0.4 is 0 Å². The van der Waals surface area contributed by atoms with E-state index in [9.17, 15) is 14.8 Å². The summed E-state index contributed by atoms with van der Waals surface area (Å²) in [6.45, 7) is 17.4. The molecule has 5 heteroatoms. The number of ether oxygens (including phenoxy) is 1. The minimum Gasteiger partial charge on any atom is -0.462 e. The molecule has 5 aliphatic rings. The van der Waals surface area contributed by atoms with E-state index in [1.54, 1.807) is 5.57 Å². The van der Waals surface area contributed by atoms with Crippen LogP contribution >= 0.6 is 0 Å². The number of allylic oxidation sites excluding steroid dienone is 2. The maximum absolute atomic E-state index is 13.0. The molecule has 4 fully saturated rings. The Morgan fingerprint density at radius 2 is 1.94 bits per heavy atom. The van der Waals surface area contributed by atoms with Gasteiger partial charge in [-0.15, -0.1) is 0 Å². The second-order valence-electron chi connectivity index (χ2n) is 13.8. The Hall–Kier alpha value is -1.46. The summed E-state index contributed by atoms with van der Waals surface area (Å²) >= 11 is 0. The smallest absolute Gasteiger partial charge is 0.309 e. The highest BCUT2D eigenvalue weighted by Gasteiger charge is 2.71. The van der Waals surface area contributed by atoms with E-state index in [1.807, 2.05) is 6.92 Å². The van der Waals surface area contributed by atoms with Gasteiger partial charge in [-0.1, -0.05) is 52.8 Å². The lowest BCUT2D eigenvalue weighted by atomic mass is 9.41. The van der Waals surface area contributed by atoms with Crippen molar-refractivity contribution in [3.63, 3.8) is 0 Å². The number of hydrogen-bond acceptors (Lipinski definition) is 5. The van der Waals surface area contributed by atoms with E-state index < -0.39 is 6.10 Å². The second kappa shape index (κ2) is 8.02. The molecule has 1 N–H and O–H groups in total. The third kappa shape index (κ3) is 3.26. The molecule has 9 atom stereocenters. The zero-order chi connectivity index (χ0) is 25.6. The first-order chi connectivity index (χ1) is 16.3. The number of fused-ring (bicyclic) bond motifs is 7. The predicted octanol–water partition coefficient (Wildman–Crippen LogP) is 6.53. The van der Waals surface area contributed by atoms with E-state index in [-0.39, 0.29) is 45.6 Å². The average Bonchev–Trinajstić information content (AvgIpc) is 3.20. The fourth-order valence-electron chi connectivity index (χ4n) is 9.81. The summed E-state index contributed by atoms with van der Waals surface area (Å²) in [4.78, 5) is 30.5. The molecule has 0 bridgehead atoms. The molecule has 0 aromatic rings. The zero-order valence-electron chi connectivity index (χ0n) is 22.5. The number of carbonyl (C=O) groups is 2. The van der Waals surface area contributed by atoms with Gasteiger partial charge in [-0.05, 0) is 85.5 Å². The Bertz CT molecular complexity index is 979. The topological polar surface area (TPSA) is 72.8 Å². The quantitative estimate of drug-likeness (QED) is 0.208. The zero-order valence-corrected chi connectivity index (χ0v) is 22.5. The Morgan fingerprint density at radius 1 is 1.23 bits per heavy atom. The molecule has 35 heavy (non-hydrogen) atoms. The van der Waals surface area contributed by atoms with Crippen molar-refractivity contribution in [3.8, 4) is 0 Å². The van der Waals surface area contributed by atoms with Gasteiger partial charge in [0.2, 0.25) is 0 Å². The van der Waals surface area contributed by atoms with Crippen molar-refractivity contribution >= 4 is 11.8 Å². The summed E-state index contributed by atoms with van der Waals surface area (Å²) in [6.07, 6.45) is 8.96. The van der Waals surface area contributed by atoms with Crippen LogP contribution in [0.3, 0.4) is 0 Å². The van der Waals surface area contributed by atoms with Crippen LogP contribution in [0.25, 0.3) is 0 Å². The van der Waals surface area contributed by atoms with Gasteiger partial charge in [0.1, 0.15) is 18.0 Å². The summed E-state index contributed by atoms with van der Waals surface area (Å²) in [5.41, 5.74) is 2.20. The molecule has 0 radical (unpaired) electrons. The van der Waals surface area contributed by atoms with Gasteiger partial charge in [0.05, 0.1) is 5.92 Å². The van der Waals surface area contributed by atoms with Crippen LogP contribution in [0.2, 0.25) is 0 Å². The summed E-state index contributed by atoms with van der Waals surface area (Å²) in [7, 11) is 0. The summed E-state index contributed by atoms with van der Waals surface area (Å²) in [5.74, 6) is 1.24. The molecule has 0 spiro atoms. The molecule has 4 aliphatic carbocycles. The van der Waals surface area contributed by atoms with Crippen molar-refractivity contribution in [2.75, 3.05) is 0 Å². The lowest BCUT2D eigenvalue weighted by Gasteiger charge is -2.63. The maximum Gasteiger partial charge on any atom is 0.309 e. The molecule has 194 valence electrons. The predicted molar refractivity (Wildman–Crippen MR) is 134 cm³/mol. The SMILES string of the molecule is C=C(C)C(CCC1C(=O)OC2CC3(C)C4=CCC5C(C)(C)C(=O)CCC5(C)C4CCC3(C)C21)OO. The Labute approximate surface area is 210 Å². The number of hydrogen-bond donors (Lipinski definition) is 1. The molecule has 3 saturated carbocycles. The van der Waals surface area contributed by atoms with Gasteiger partial charge < -0.3 is 4.74 Å². The first-order valence-corrected chi connectivity index (χ1v) is 13.7. The summed E-state index contributed by atoms with van der Waals surface area (Å²) in [5, 5.41) is 9.30. The van der Waals surface area contributed by atoms with Crippen molar-refractivity contribution in [3.05, 3.63) is 23.8 Å². The van der Waals surface area contributed by atoms with E-state index in [0.29, 0.717) is 36.9 Å². The van der Waals surface area contributed by atoms with Gasteiger partial charge in [-0.3, -0.25) is 14.8 Å². The number of carbonyl (C=O) groups excluding carboxylic acids is 2. The third-order valence-electron chi connectivity index (χ3n) is 12.0. The van der Waals surface area contributed by atoms with Crippen molar-refractivity contribution in [2.24, 2.45) is 45.3 Å². The van der Waals surface area contributed by atoms with Crippen LogP contribution in [0.5, 0.6) is 0 Å². The van der Waals surface area contributed by atoms with Gasteiger partial charge in [-0.2, -0.15) is 0 Å². The molecular weight excluding hydrogens is 440 g/mol. The first kappa shape index (κ1) is 25.2. The number of rotatable bonds is 5. The molecule has 1 heterocycles. The van der Waals surface area contributed by atoms with Crippen LogP contribution in [0, 0.1) is 45.3 Å². The molecule has 5 rings (SSSR count). The van der Waals surface area contributed by atoms with Crippen molar-refractivity contribution in [1.82, 2.24) is 0 Å². The minimum absolute atomic E-state index is 0.00892.